The minimum atomic E-state index is -0.212. The van der Waals surface area contributed by atoms with E-state index in [1.807, 2.05) is 11.6 Å². The van der Waals surface area contributed by atoms with E-state index in [0.29, 0.717) is 0 Å². The van der Waals surface area contributed by atoms with Crippen LogP contribution in [-0.2, 0) is 24.6 Å². The fraction of sp³-hybridized carbons (Fsp3) is 0.545. The van der Waals surface area contributed by atoms with Crippen LogP contribution in [0.25, 0.3) is 0 Å². The van der Waals surface area contributed by atoms with Crippen LogP contribution in [0.15, 0.2) is 6.20 Å². The highest BCUT2D eigenvalue weighted by Gasteiger charge is 2.22. The zero-order valence-electron chi connectivity index (χ0n) is 8.67. The Morgan fingerprint density at radius 2 is 2.14 bits per heavy atom. The Hall–Kier alpha value is -1.25. The van der Waals surface area contributed by atoms with E-state index >= 15 is 0 Å². The summed E-state index contributed by atoms with van der Waals surface area (Å²) in [6.45, 7) is 0. The number of ether oxygens (including phenoxy) is 1. The summed E-state index contributed by atoms with van der Waals surface area (Å²) in [7, 11) is 3.34. The monoisotopic (exact) mass is 193 g/mol. The van der Waals surface area contributed by atoms with Crippen LogP contribution in [0.1, 0.15) is 34.5 Å². The fourth-order valence-corrected chi connectivity index (χ4v) is 2.22. The van der Waals surface area contributed by atoms with E-state index in [4.69, 9.17) is 4.74 Å². The molecule has 0 amide bonds. The Kier molecular flexibility index (Phi) is 2.32. The lowest BCUT2D eigenvalue weighted by Gasteiger charge is -2.11. The van der Waals surface area contributed by atoms with Crippen LogP contribution in [-0.4, -0.2) is 17.6 Å². The number of esters is 1. The quantitative estimate of drug-likeness (QED) is 0.635. The first kappa shape index (κ1) is 9.31. The number of hydrogen-bond donors (Lipinski definition) is 0. The van der Waals surface area contributed by atoms with Crippen LogP contribution in [0.3, 0.4) is 0 Å². The van der Waals surface area contributed by atoms with Gasteiger partial charge in [-0.3, -0.25) is 0 Å². The minimum Gasteiger partial charge on any atom is -0.464 e. The van der Waals surface area contributed by atoms with Crippen molar-refractivity contribution in [3.05, 3.63) is 23.0 Å². The van der Waals surface area contributed by atoms with Gasteiger partial charge in [0.15, 0.2) is 0 Å². The summed E-state index contributed by atoms with van der Waals surface area (Å²) < 4.78 is 6.67. The van der Waals surface area contributed by atoms with Gasteiger partial charge < -0.3 is 9.30 Å². The van der Waals surface area contributed by atoms with Crippen molar-refractivity contribution in [3.63, 3.8) is 0 Å². The molecule has 0 unspecified atom stereocenters. The van der Waals surface area contributed by atoms with E-state index in [1.165, 1.54) is 31.1 Å². The van der Waals surface area contributed by atoms with Crippen molar-refractivity contribution in [1.29, 1.82) is 0 Å². The van der Waals surface area contributed by atoms with Gasteiger partial charge in [-0.05, 0) is 36.8 Å². The summed E-state index contributed by atoms with van der Waals surface area (Å²) in [6, 6.07) is 0. The molecule has 0 bridgehead atoms. The number of rotatable bonds is 1. The lowest BCUT2D eigenvalue weighted by molar-refractivity contribution is 0.0588. The zero-order valence-corrected chi connectivity index (χ0v) is 8.67. The van der Waals surface area contributed by atoms with Gasteiger partial charge >= 0.3 is 5.97 Å². The van der Waals surface area contributed by atoms with Crippen molar-refractivity contribution in [1.82, 2.24) is 4.57 Å². The first-order valence-electron chi connectivity index (χ1n) is 4.99. The van der Waals surface area contributed by atoms with Crippen molar-refractivity contribution in [2.45, 2.75) is 25.7 Å². The third-order valence-corrected chi connectivity index (χ3v) is 2.88. The highest BCUT2D eigenvalue weighted by atomic mass is 16.5. The smallest absolute Gasteiger partial charge is 0.354 e. The molecule has 14 heavy (non-hydrogen) atoms. The summed E-state index contributed by atoms with van der Waals surface area (Å²) in [5.41, 5.74) is 3.26. The third kappa shape index (κ3) is 1.33. The first-order chi connectivity index (χ1) is 6.74. The summed E-state index contributed by atoms with van der Waals surface area (Å²) in [5, 5.41) is 0. The largest absolute Gasteiger partial charge is 0.464 e. The normalized spacial score (nSPS) is 15.0. The van der Waals surface area contributed by atoms with Gasteiger partial charge in [0.1, 0.15) is 5.69 Å². The van der Waals surface area contributed by atoms with E-state index in [-0.39, 0.29) is 5.97 Å². The van der Waals surface area contributed by atoms with Crippen LogP contribution >= 0.6 is 0 Å². The Morgan fingerprint density at radius 3 is 2.86 bits per heavy atom. The molecule has 0 radical (unpaired) electrons. The summed E-state index contributed by atoms with van der Waals surface area (Å²) in [5.74, 6) is -0.212. The maximum atomic E-state index is 11.5. The molecule has 1 aromatic rings. The van der Waals surface area contributed by atoms with Gasteiger partial charge in [-0.1, -0.05) is 0 Å². The van der Waals surface area contributed by atoms with Crippen molar-refractivity contribution in [3.8, 4) is 0 Å². The lowest BCUT2D eigenvalue weighted by Crippen LogP contribution is -2.11. The molecular weight excluding hydrogens is 178 g/mol. The van der Waals surface area contributed by atoms with Gasteiger partial charge in [-0.2, -0.15) is 0 Å². The highest BCUT2D eigenvalue weighted by Crippen LogP contribution is 2.26. The van der Waals surface area contributed by atoms with E-state index in [0.717, 1.165) is 18.5 Å². The van der Waals surface area contributed by atoms with Gasteiger partial charge in [-0.15, -0.1) is 0 Å². The van der Waals surface area contributed by atoms with Crippen LogP contribution in [0.2, 0.25) is 0 Å². The van der Waals surface area contributed by atoms with Gasteiger partial charge in [-0.25, -0.2) is 4.79 Å². The number of carbonyl (C=O) groups is 1. The Balaban J connectivity index is 2.47. The molecule has 2 rings (SSSR count). The Labute approximate surface area is 83.7 Å². The lowest BCUT2D eigenvalue weighted by atomic mass is 9.94. The second-order valence-electron chi connectivity index (χ2n) is 3.79. The maximum absolute atomic E-state index is 11.5. The van der Waals surface area contributed by atoms with E-state index in [2.05, 4.69) is 6.20 Å². The standard InChI is InChI=1S/C11H15NO2/c1-12-7-8-5-3-4-6-9(8)10(12)11(13)14-2/h7H,3-6H2,1-2H3. The average molecular weight is 193 g/mol. The van der Waals surface area contributed by atoms with Gasteiger partial charge in [0.05, 0.1) is 7.11 Å². The second-order valence-corrected chi connectivity index (χ2v) is 3.79. The summed E-state index contributed by atoms with van der Waals surface area (Å²) >= 11 is 0. The SMILES string of the molecule is COC(=O)c1c2c(cn1C)CCCC2. The molecule has 0 N–H and O–H groups in total. The fourth-order valence-electron chi connectivity index (χ4n) is 2.22. The number of hydrogen-bond acceptors (Lipinski definition) is 2. The molecule has 1 aliphatic rings. The van der Waals surface area contributed by atoms with Gasteiger partial charge in [0.2, 0.25) is 0 Å². The molecule has 0 spiro atoms. The average Bonchev–Trinajstić information content (AvgIpc) is 2.53. The van der Waals surface area contributed by atoms with Crippen LogP contribution in [0, 0.1) is 0 Å². The van der Waals surface area contributed by atoms with Crippen LogP contribution < -0.4 is 0 Å². The number of fused-ring (bicyclic) bond motifs is 1. The Bertz CT molecular complexity index is 366. The molecular formula is C11H15NO2. The molecule has 0 fully saturated rings. The number of nitrogens with zero attached hydrogens (tertiary/aromatic N) is 1. The predicted octanol–water partition coefficient (Wildman–Crippen LogP) is 1.69. The predicted molar refractivity (Wildman–Crippen MR) is 53.4 cm³/mol. The molecule has 0 atom stereocenters. The van der Waals surface area contributed by atoms with Crippen molar-refractivity contribution < 1.29 is 9.53 Å². The van der Waals surface area contributed by atoms with Crippen LogP contribution in [0.4, 0.5) is 0 Å². The van der Waals surface area contributed by atoms with Crippen molar-refractivity contribution >= 4 is 5.97 Å². The third-order valence-electron chi connectivity index (χ3n) is 2.88. The second kappa shape index (κ2) is 3.48. The van der Waals surface area contributed by atoms with Crippen molar-refractivity contribution in [2.75, 3.05) is 7.11 Å². The summed E-state index contributed by atoms with van der Waals surface area (Å²) in [6.07, 6.45) is 6.58. The number of methoxy groups -OCH3 is 1. The molecule has 3 heteroatoms. The first-order valence-corrected chi connectivity index (χ1v) is 4.99. The molecule has 3 nitrogen and oxygen atoms in total. The molecule has 1 heterocycles. The van der Waals surface area contributed by atoms with E-state index in [9.17, 15) is 4.79 Å². The zero-order chi connectivity index (χ0) is 10.1. The number of carbonyl (C=O) groups excluding carboxylic acids is 1. The van der Waals surface area contributed by atoms with E-state index < -0.39 is 0 Å². The van der Waals surface area contributed by atoms with Crippen molar-refractivity contribution in [2.24, 2.45) is 7.05 Å². The molecule has 0 aromatic carbocycles. The topological polar surface area (TPSA) is 31.2 Å². The number of aryl methyl sites for hydroxylation is 2. The van der Waals surface area contributed by atoms with E-state index in [1.54, 1.807) is 0 Å². The summed E-state index contributed by atoms with van der Waals surface area (Å²) in [4.78, 5) is 11.5. The molecule has 1 aliphatic carbocycles. The van der Waals surface area contributed by atoms with Crippen LogP contribution in [0.5, 0.6) is 0 Å². The van der Waals surface area contributed by atoms with Gasteiger partial charge in [0, 0.05) is 13.2 Å². The molecule has 0 aliphatic heterocycles. The Morgan fingerprint density at radius 1 is 1.43 bits per heavy atom. The molecule has 0 saturated carbocycles. The molecule has 0 saturated heterocycles. The number of aromatic nitrogens is 1. The maximum Gasteiger partial charge on any atom is 0.354 e. The van der Waals surface area contributed by atoms with Gasteiger partial charge in [0.25, 0.3) is 0 Å². The molecule has 76 valence electrons. The minimum absolute atomic E-state index is 0.212. The highest BCUT2D eigenvalue weighted by molar-refractivity contribution is 5.90. The molecule has 1 aromatic heterocycles.